The van der Waals surface area contributed by atoms with Crippen LogP contribution in [-0.2, 0) is 0 Å². The fourth-order valence-corrected chi connectivity index (χ4v) is 1.20. The average Bonchev–Trinajstić information content (AvgIpc) is 2.22. The van der Waals surface area contributed by atoms with E-state index in [1.807, 2.05) is 0 Å². The van der Waals surface area contributed by atoms with Crippen molar-refractivity contribution < 1.29 is 13.5 Å². The monoisotopic (exact) mass is 258 g/mol. The number of nitrogen functional groups attached to an aromatic ring is 1. The maximum absolute atomic E-state index is 12.9. The molecule has 1 aromatic heterocycles. The number of nitrogens with two attached hydrogens (primary N) is 1. The lowest BCUT2D eigenvalue weighted by atomic mass is 10.3. The zero-order valence-corrected chi connectivity index (χ0v) is 8.95. The second-order valence-electron chi connectivity index (χ2n) is 2.92. The molecule has 0 aliphatic heterocycles. The number of aromatic nitrogens is 3. The average molecular weight is 259 g/mol. The van der Waals surface area contributed by atoms with E-state index >= 15 is 0 Å². The first-order valence-corrected chi connectivity index (χ1v) is 4.72. The first-order valence-electron chi connectivity index (χ1n) is 4.34. The lowest BCUT2D eigenvalue weighted by Gasteiger charge is -2.04. The van der Waals surface area contributed by atoms with E-state index < -0.39 is 11.6 Å². The van der Waals surface area contributed by atoms with E-state index in [4.69, 9.17) is 22.1 Å². The molecule has 17 heavy (non-hydrogen) atoms. The Morgan fingerprint density at radius 3 is 2.53 bits per heavy atom. The normalized spacial score (nSPS) is 10.3. The molecule has 0 spiro atoms. The standard InChI is InChI=1S/C9H5ClF2N4O/c10-7-14-8(13)16-9(15-7)17-4-1-2-5(11)6(12)3-4/h1-3H,(H2,13,14,15,16). The van der Waals surface area contributed by atoms with E-state index in [2.05, 4.69) is 15.0 Å². The number of halogens is 3. The Kier molecular flexibility index (Phi) is 3.01. The van der Waals surface area contributed by atoms with Crippen molar-refractivity contribution in [1.82, 2.24) is 15.0 Å². The van der Waals surface area contributed by atoms with Gasteiger partial charge >= 0.3 is 6.01 Å². The van der Waals surface area contributed by atoms with Gasteiger partial charge in [-0.1, -0.05) is 0 Å². The highest BCUT2D eigenvalue weighted by Gasteiger charge is 2.08. The van der Waals surface area contributed by atoms with Gasteiger partial charge in [-0.25, -0.2) is 8.78 Å². The number of rotatable bonds is 2. The number of hydrogen-bond donors (Lipinski definition) is 1. The van der Waals surface area contributed by atoms with Crippen molar-refractivity contribution in [2.75, 3.05) is 5.73 Å². The van der Waals surface area contributed by atoms with E-state index in [-0.39, 0.29) is 23.0 Å². The van der Waals surface area contributed by atoms with Gasteiger partial charge in [0.05, 0.1) is 0 Å². The molecule has 0 unspecified atom stereocenters. The molecule has 2 aromatic rings. The van der Waals surface area contributed by atoms with Crippen LogP contribution in [0.4, 0.5) is 14.7 Å². The van der Waals surface area contributed by atoms with Crippen LogP contribution in [0.3, 0.4) is 0 Å². The fourth-order valence-electron chi connectivity index (χ4n) is 1.04. The highest BCUT2D eigenvalue weighted by atomic mass is 35.5. The van der Waals surface area contributed by atoms with Gasteiger partial charge in [-0.2, -0.15) is 15.0 Å². The van der Waals surface area contributed by atoms with Gasteiger partial charge in [0.25, 0.3) is 0 Å². The van der Waals surface area contributed by atoms with Crippen LogP contribution in [0.1, 0.15) is 0 Å². The van der Waals surface area contributed by atoms with Gasteiger partial charge in [0, 0.05) is 6.07 Å². The van der Waals surface area contributed by atoms with Crippen molar-refractivity contribution in [3.8, 4) is 11.8 Å². The van der Waals surface area contributed by atoms with Gasteiger partial charge in [-0.05, 0) is 23.7 Å². The highest BCUT2D eigenvalue weighted by molar-refractivity contribution is 6.28. The quantitative estimate of drug-likeness (QED) is 0.894. The van der Waals surface area contributed by atoms with Gasteiger partial charge < -0.3 is 10.5 Å². The minimum atomic E-state index is -1.05. The van der Waals surface area contributed by atoms with Gasteiger partial charge in [0.1, 0.15) is 5.75 Å². The maximum Gasteiger partial charge on any atom is 0.328 e. The summed E-state index contributed by atoms with van der Waals surface area (Å²) < 4.78 is 30.6. The summed E-state index contributed by atoms with van der Waals surface area (Å²) in [5, 5.41) is -0.157. The number of nitrogens with zero attached hydrogens (tertiary/aromatic N) is 3. The minimum Gasteiger partial charge on any atom is -0.424 e. The second-order valence-corrected chi connectivity index (χ2v) is 3.26. The van der Waals surface area contributed by atoms with Crippen LogP contribution < -0.4 is 10.5 Å². The van der Waals surface area contributed by atoms with Crippen LogP contribution in [0.25, 0.3) is 0 Å². The molecule has 0 atom stereocenters. The highest BCUT2D eigenvalue weighted by Crippen LogP contribution is 2.21. The van der Waals surface area contributed by atoms with Crippen LogP contribution in [-0.4, -0.2) is 15.0 Å². The fraction of sp³-hybridized carbons (Fsp3) is 0. The van der Waals surface area contributed by atoms with Gasteiger partial charge in [-0.15, -0.1) is 0 Å². The molecule has 88 valence electrons. The molecule has 0 fully saturated rings. The molecule has 8 heteroatoms. The van der Waals surface area contributed by atoms with Crippen molar-refractivity contribution >= 4 is 17.5 Å². The van der Waals surface area contributed by atoms with Crippen molar-refractivity contribution in [3.63, 3.8) is 0 Å². The summed E-state index contributed by atoms with van der Waals surface area (Å²) in [7, 11) is 0. The van der Waals surface area contributed by atoms with Crippen molar-refractivity contribution in [1.29, 1.82) is 0 Å². The summed E-state index contributed by atoms with van der Waals surface area (Å²) in [5.41, 5.74) is 5.31. The molecule has 0 radical (unpaired) electrons. The van der Waals surface area contributed by atoms with E-state index in [9.17, 15) is 8.78 Å². The second kappa shape index (κ2) is 4.46. The molecule has 0 aliphatic rings. The number of ether oxygens (including phenoxy) is 1. The molecule has 2 N–H and O–H groups in total. The van der Waals surface area contributed by atoms with E-state index in [0.717, 1.165) is 12.1 Å². The Morgan fingerprint density at radius 1 is 1.12 bits per heavy atom. The summed E-state index contributed by atoms with van der Waals surface area (Å²) >= 11 is 5.52. The summed E-state index contributed by atoms with van der Waals surface area (Å²) in [6.07, 6.45) is 0. The van der Waals surface area contributed by atoms with Crippen LogP contribution in [0.2, 0.25) is 5.28 Å². The summed E-state index contributed by atoms with van der Waals surface area (Å²) in [6.45, 7) is 0. The number of anilines is 1. The van der Waals surface area contributed by atoms with Gasteiger partial charge in [0.15, 0.2) is 11.6 Å². The summed E-state index contributed by atoms with van der Waals surface area (Å²) in [6, 6.07) is 2.78. The van der Waals surface area contributed by atoms with Crippen LogP contribution >= 0.6 is 11.6 Å². The molecule has 0 saturated heterocycles. The molecule has 0 amide bonds. The van der Waals surface area contributed by atoms with Gasteiger partial charge in [0.2, 0.25) is 11.2 Å². The third kappa shape index (κ3) is 2.76. The predicted octanol–water partition coefficient (Wildman–Crippen LogP) is 2.18. The molecule has 5 nitrogen and oxygen atoms in total. The molecule has 1 heterocycles. The SMILES string of the molecule is Nc1nc(Cl)nc(Oc2ccc(F)c(F)c2)n1. The van der Waals surface area contributed by atoms with Crippen molar-refractivity contribution in [2.24, 2.45) is 0 Å². The Hall–Kier alpha value is -2.02. The van der Waals surface area contributed by atoms with Crippen LogP contribution in [0.5, 0.6) is 11.8 Å². The number of benzene rings is 1. The van der Waals surface area contributed by atoms with E-state index in [0.29, 0.717) is 0 Å². The summed E-state index contributed by atoms with van der Waals surface area (Å²) in [5.74, 6) is -2.14. The van der Waals surface area contributed by atoms with Crippen LogP contribution in [0.15, 0.2) is 18.2 Å². The number of hydrogen-bond acceptors (Lipinski definition) is 5. The molecule has 0 bridgehead atoms. The van der Waals surface area contributed by atoms with E-state index in [1.165, 1.54) is 6.07 Å². The topological polar surface area (TPSA) is 73.9 Å². The zero-order valence-electron chi connectivity index (χ0n) is 8.19. The van der Waals surface area contributed by atoms with Crippen LogP contribution in [0, 0.1) is 11.6 Å². The molecule has 1 aromatic carbocycles. The largest absolute Gasteiger partial charge is 0.424 e. The zero-order chi connectivity index (χ0) is 12.4. The Labute approximate surface area is 99.2 Å². The van der Waals surface area contributed by atoms with Crippen molar-refractivity contribution in [3.05, 3.63) is 35.1 Å². The van der Waals surface area contributed by atoms with Crippen molar-refractivity contribution in [2.45, 2.75) is 0 Å². The molecule has 2 rings (SSSR count). The summed E-state index contributed by atoms with van der Waals surface area (Å²) in [4.78, 5) is 10.7. The predicted molar refractivity (Wildman–Crippen MR) is 55.7 cm³/mol. The third-order valence-corrected chi connectivity index (χ3v) is 1.87. The lowest BCUT2D eigenvalue weighted by Crippen LogP contribution is -2.00. The lowest BCUT2D eigenvalue weighted by molar-refractivity contribution is 0.430. The molecular formula is C9H5ClF2N4O. The molecular weight excluding hydrogens is 254 g/mol. The first kappa shape index (κ1) is 11.5. The Balaban J connectivity index is 2.28. The Morgan fingerprint density at radius 2 is 1.88 bits per heavy atom. The molecule has 0 aliphatic carbocycles. The minimum absolute atomic E-state index is 0.0190. The van der Waals surface area contributed by atoms with E-state index in [1.54, 1.807) is 0 Å². The Bertz CT molecular complexity index is 546. The van der Waals surface area contributed by atoms with Gasteiger partial charge in [-0.3, -0.25) is 0 Å². The first-order chi connectivity index (χ1) is 8.04. The maximum atomic E-state index is 12.9. The third-order valence-electron chi connectivity index (χ3n) is 1.71. The molecule has 0 saturated carbocycles. The smallest absolute Gasteiger partial charge is 0.328 e.